The van der Waals surface area contributed by atoms with Crippen LogP contribution in [0.5, 0.6) is 0 Å². The highest BCUT2D eigenvalue weighted by molar-refractivity contribution is 5.80. The molecule has 0 aromatic rings. The summed E-state index contributed by atoms with van der Waals surface area (Å²) in [5, 5.41) is 0. The molecule has 0 aromatic carbocycles. The molecule has 0 fully saturated rings. The van der Waals surface area contributed by atoms with E-state index < -0.39 is 0 Å². The first-order valence-corrected chi connectivity index (χ1v) is 5.01. The molecule has 0 bridgehead atoms. The fourth-order valence-corrected chi connectivity index (χ4v) is 0. The third kappa shape index (κ3) is 17.7. The first-order valence-electron chi connectivity index (χ1n) is 5.01. The van der Waals surface area contributed by atoms with Gasteiger partial charge in [-0.3, -0.25) is 4.79 Å². The minimum absolute atomic E-state index is 0. The molecule has 0 aliphatic rings. The summed E-state index contributed by atoms with van der Waals surface area (Å²) in [5.41, 5.74) is 0.403. The second kappa shape index (κ2) is 7.08. The molecule has 83 valence electrons. The zero-order chi connectivity index (χ0) is 11.3. The number of Topliss-reactive ketones (excluding diaryl/α,β-unsaturated/α-hetero) is 1. The highest BCUT2D eigenvalue weighted by Gasteiger charge is 2.14. The molecule has 0 spiro atoms. The summed E-state index contributed by atoms with van der Waals surface area (Å²) in [6, 6.07) is 0. The van der Waals surface area contributed by atoms with Gasteiger partial charge in [-0.15, -0.1) is 0 Å². The van der Waals surface area contributed by atoms with E-state index in [0.717, 1.165) is 0 Å². The first kappa shape index (κ1) is 19.3. The van der Waals surface area contributed by atoms with Gasteiger partial charge in [-0.1, -0.05) is 54.9 Å². The third-order valence-corrected chi connectivity index (χ3v) is 2.12. The van der Waals surface area contributed by atoms with Gasteiger partial charge in [0.05, 0.1) is 0 Å². The summed E-state index contributed by atoms with van der Waals surface area (Å²) < 4.78 is 0. The molecule has 0 atom stereocenters. The molecule has 3 radical (unpaired) electrons. The zero-order valence-corrected chi connectivity index (χ0v) is 11.2. The average Bonchev–Trinajstić information content (AvgIpc) is 1.85. The standard InChI is InChI=1S/C6H12O.C6H14.B/c1-5(7)6(2,3)4;1-5-6(2,3)4;/h1-4H3;5H2,1-4H3;. The van der Waals surface area contributed by atoms with Crippen molar-refractivity contribution in [3.05, 3.63) is 0 Å². The largest absolute Gasteiger partial charge is 0.299 e. The smallest absolute Gasteiger partial charge is 0.135 e. The third-order valence-electron chi connectivity index (χ3n) is 2.12. The highest BCUT2D eigenvalue weighted by atomic mass is 16.1. The van der Waals surface area contributed by atoms with E-state index in [0.29, 0.717) is 5.41 Å². The molecule has 0 saturated heterocycles. The van der Waals surface area contributed by atoms with Gasteiger partial charge in [-0.25, -0.2) is 0 Å². The van der Waals surface area contributed by atoms with Crippen molar-refractivity contribution in [3.63, 3.8) is 0 Å². The van der Waals surface area contributed by atoms with Crippen molar-refractivity contribution in [2.75, 3.05) is 0 Å². The molecular formula is C12H26BO. The van der Waals surface area contributed by atoms with Crippen LogP contribution in [-0.4, -0.2) is 14.2 Å². The van der Waals surface area contributed by atoms with Crippen LogP contribution in [0.4, 0.5) is 0 Å². The number of rotatable bonds is 0. The molecule has 0 aliphatic carbocycles. The predicted octanol–water partition coefficient (Wildman–Crippen LogP) is 3.68. The van der Waals surface area contributed by atoms with Crippen LogP contribution in [0.1, 0.15) is 61.8 Å². The van der Waals surface area contributed by atoms with Crippen molar-refractivity contribution in [2.24, 2.45) is 10.8 Å². The van der Waals surface area contributed by atoms with Crippen LogP contribution in [-0.2, 0) is 4.79 Å². The molecule has 2 heteroatoms. The van der Waals surface area contributed by atoms with Crippen molar-refractivity contribution in [2.45, 2.75) is 61.8 Å². The van der Waals surface area contributed by atoms with Crippen molar-refractivity contribution in [1.29, 1.82) is 0 Å². The zero-order valence-electron chi connectivity index (χ0n) is 11.2. The van der Waals surface area contributed by atoms with Crippen LogP contribution in [0.3, 0.4) is 0 Å². The molecule has 0 amide bonds. The van der Waals surface area contributed by atoms with E-state index in [2.05, 4.69) is 27.7 Å². The monoisotopic (exact) mass is 197 g/mol. The molecule has 0 aromatic heterocycles. The van der Waals surface area contributed by atoms with Crippen molar-refractivity contribution >= 4 is 14.2 Å². The molecule has 0 aliphatic heterocycles. The van der Waals surface area contributed by atoms with Crippen LogP contribution in [0.15, 0.2) is 0 Å². The predicted molar refractivity (Wildman–Crippen MR) is 65.6 cm³/mol. The van der Waals surface area contributed by atoms with Gasteiger partial charge < -0.3 is 0 Å². The summed E-state index contributed by atoms with van der Waals surface area (Å²) in [4.78, 5) is 10.5. The molecule has 0 saturated carbocycles. The number of carbonyl (C=O) groups is 1. The number of hydrogen-bond acceptors (Lipinski definition) is 1. The maximum atomic E-state index is 10.5. The Morgan fingerprint density at radius 1 is 1.00 bits per heavy atom. The molecule has 1 nitrogen and oxygen atoms in total. The van der Waals surface area contributed by atoms with Crippen LogP contribution in [0.2, 0.25) is 0 Å². The van der Waals surface area contributed by atoms with E-state index in [1.54, 1.807) is 6.92 Å². The van der Waals surface area contributed by atoms with E-state index in [-0.39, 0.29) is 19.6 Å². The van der Waals surface area contributed by atoms with Crippen molar-refractivity contribution in [3.8, 4) is 0 Å². The Morgan fingerprint density at radius 2 is 1.14 bits per heavy atom. The lowest BCUT2D eigenvalue weighted by molar-refractivity contribution is -0.124. The van der Waals surface area contributed by atoms with Gasteiger partial charge >= 0.3 is 0 Å². The fraction of sp³-hybridized carbons (Fsp3) is 0.917. The lowest BCUT2D eigenvalue weighted by Crippen LogP contribution is -2.15. The topological polar surface area (TPSA) is 17.1 Å². The second-order valence-electron chi connectivity index (χ2n) is 5.72. The Kier molecular flexibility index (Phi) is 9.78. The molecule has 0 rings (SSSR count). The Morgan fingerprint density at radius 3 is 1.14 bits per heavy atom. The quantitative estimate of drug-likeness (QED) is 0.541. The molecule has 14 heavy (non-hydrogen) atoms. The van der Waals surface area contributed by atoms with Crippen molar-refractivity contribution < 1.29 is 4.79 Å². The lowest BCUT2D eigenvalue weighted by Gasteiger charge is -2.12. The van der Waals surface area contributed by atoms with Gasteiger partial charge in [0, 0.05) is 13.8 Å². The normalized spacial score (nSPS) is 10.9. The SMILES string of the molecule is CC(=O)C(C)(C)C.CCC(C)(C)C.[B]. The Hall–Kier alpha value is -0.265. The van der Waals surface area contributed by atoms with E-state index in [1.807, 2.05) is 20.8 Å². The minimum atomic E-state index is -0.139. The summed E-state index contributed by atoms with van der Waals surface area (Å²) in [7, 11) is 0. The van der Waals surface area contributed by atoms with Gasteiger partial charge in [0.15, 0.2) is 0 Å². The Balaban J connectivity index is -0.000000163. The highest BCUT2D eigenvalue weighted by Crippen LogP contribution is 2.16. The van der Waals surface area contributed by atoms with Crippen LogP contribution >= 0.6 is 0 Å². The van der Waals surface area contributed by atoms with Gasteiger partial charge in [0.25, 0.3) is 0 Å². The van der Waals surface area contributed by atoms with Gasteiger partial charge in [-0.05, 0) is 12.3 Å². The molecular weight excluding hydrogens is 171 g/mol. The maximum Gasteiger partial charge on any atom is 0.135 e. The lowest BCUT2D eigenvalue weighted by atomic mass is 9.92. The van der Waals surface area contributed by atoms with Gasteiger partial charge in [0.2, 0.25) is 0 Å². The number of hydrogen-bond donors (Lipinski definition) is 0. The van der Waals surface area contributed by atoms with Crippen LogP contribution in [0, 0.1) is 10.8 Å². The van der Waals surface area contributed by atoms with E-state index in [4.69, 9.17) is 0 Å². The average molecular weight is 197 g/mol. The molecule has 0 unspecified atom stereocenters. The maximum absolute atomic E-state index is 10.5. The van der Waals surface area contributed by atoms with E-state index in [1.165, 1.54) is 6.42 Å². The van der Waals surface area contributed by atoms with Crippen molar-refractivity contribution in [1.82, 2.24) is 0 Å². The summed E-state index contributed by atoms with van der Waals surface area (Å²) in [6.45, 7) is 16.3. The fourth-order valence-electron chi connectivity index (χ4n) is 0. The second-order valence-corrected chi connectivity index (χ2v) is 5.72. The van der Waals surface area contributed by atoms with E-state index in [9.17, 15) is 4.79 Å². The van der Waals surface area contributed by atoms with E-state index >= 15 is 0 Å². The Bertz CT molecular complexity index is 149. The number of carbonyl (C=O) groups excluding carboxylic acids is 1. The van der Waals surface area contributed by atoms with Gasteiger partial charge in [-0.2, -0.15) is 0 Å². The van der Waals surface area contributed by atoms with Crippen LogP contribution in [0.25, 0.3) is 0 Å². The van der Waals surface area contributed by atoms with Gasteiger partial charge in [0.1, 0.15) is 5.78 Å². The molecule has 0 N–H and O–H groups in total. The van der Waals surface area contributed by atoms with Crippen LogP contribution < -0.4 is 0 Å². The summed E-state index contributed by atoms with van der Waals surface area (Å²) in [5.74, 6) is 0.243. The molecule has 0 heterocycles. The summed E-state index contributed by atoms with van der Waals surface area (Å²) in [6.07, 6.45) is 1.27. The first-order chi connectivity index (χ1) is 5.50. The number of ketones is 1. The minimum Gasteiger partial charge on any atom is -0.299 e. The summed E-state index contributed by atoms with van der Waals surface area (Å²) >= 11 is 0. The Labute approximate surface area is 92.2 Å².